The summed E-state index contributed by atoms with van der Waals surface area (Å²) in [7, 11) is 0. The summed E-state index contributed by atoms with van der Waals surface area (Å²) < 4.78 is 19.6. The zero-order valence-electron chi connectivity index (χ0n) is 9.25. The average Bonchev–Trinajstić information content (AvgIpc) is 2.26. The molecule has 0 N–H and O–H groups in total. The molecule has 16 heavy (non-hydrogen) atoms. The molecule has 0 radical (unpaired) electrons. The fourth-order valence-corrected chi connectivity index (χ4v) is 2.06. The van der Waals surface area contributed by atoms with Gasteiger partial charge in [0.1, 0.15) is 0 Å². The van der Waals surface area contributed by atoms with E-state index in [2.05, 4.69) is 35.5 Å². The van der Waals surface area contributed by atoms with Crippen LogP contribution in [0.1, 0.15) is 19.8 Å². The maximum atomic E-state index is 13.4. The molecule has 1 atom stereocenters. The van der Waals surface area contributed by atoms with Crippen molar-refractivity contribution in [1.29, 1.82) is 0 Å². The Morgan fingerprint density at radius 3 is 2.81 bits per heavy atom. The van der Waals surface area contributed by atoms with Crippen LogP contribution in [0.15, 0.2) is 22.7 Å². The molecule has 4 heteroatoms. The molecule has 0 aliphatic carbocycles. The van der Waals surface area contributed by atoms with Gasteiger partial charge in [-0.3, -0.25) is 0 Å². The topological polar surface area (TPSA) is 9.23 Å². The third-order valence-electron chi connectivity index (χ3n) is 2.32. The van der Waals surface area contributed by atoms with Crippen molar-refractivity contribution in [1.82, 2.24) is 0 Å². The molecule has 1 nitrogen and oxygen atoms in total. The number of rotatable bonds is 6. The first kappa shape index (κ1) is 13.8. The minimum absolute atomic E-state index is 0.311. The number of halogens is 2. The van der Waals surface area contributed by atoms with Crippen molar-refractivity contribution in [3.05, 3.63) is 28.5 Å². The quantitative estimate of drug-likeness (QED) is 0.770. The van der Waals surface area contributed by atoms with E-state index in [0.29, 0.717) is 18.3 Å². The van der Waals surface area contributed by atoms with Gasteiger partial charge in [0, 0.05) is 10.4 Å². The van der Waals surface area contributed by atoms with E-state index in [4.69, 9.17) is 4.74 Å². The molecule has 0 aliphatic rings. The van der Waals surface area contributed by atoms with Crippen molar-refractivity contribution in [2.24, 2.45) is 5.92 Å². The summed E-state index contributed by atoms with van der Waals surface area (Å²) >= 11 is 7.46. The van der Waals surface area contributed by atoms with Gasteiger partial charge in [-0.15, -0.1) is 0 Å². The second-order valence-corrected chi connectivity index (χ2v) is 5.00. The maximum absolute atomic E-state index is 13.4. The SMILES string of the molecule is CCCC(CS)COc1ccc(Br)cc1F. The Morgan fingerprint density at radius 2 is 2.25 bits per heavy atom. The van der Waals surface area contributed by atoms with Crippen LogP contribution in [0.25, 0.3) is 0 Å². The second kappa shape index (κ2) is 7.17. The first-order valence-electron chi connectivity index (χ1n) is 5.36. The Kier molecular flexibility index (Phi) is 6.21. The Labute approximate surface area is 110 Å². The molecule has 0 heterocycles. The largest absolute Gasteiger partial charge is 0.490 e. The predicted octanol–water partition coefficient (Wildman–Crippen LogP) is 4.31. The molecule has 0 fully saturated rings. The number of thiol groups is 1. The van der Waals surface area contributed by atoms with Crippen LogP contribution in [0.4, 0.5) is 4.39 Å². The monoisotopic (exact) mass is 306 g/mol. The van der Waals surface area contributed by atoms with Crippen LogP contribution >= 0.6 is 28.6 Å². The standard InChI is InChI=1S/C12H16BrFOS/c1-2-3-9(8-16)7-15-12-5-4-10(13)6-11(12)14/h4-6,9,16H,2-3,7-8H2,1H3. The second-order valence-electron chi connectivity index (χ2n) is 3.72. The highest BCUT2D eigenvalue weighted by atomic mass is 79.9. The highest BCUT2D eigenvalue weighted by Gasteiger charge is 2.09. The van der Waals surface area contributed by atoms with Crippen LogP contribution in [0.3, 0.4) is 0 Å². The highest BCUT2D eigenvalue weighted by Crippen LogP contribution is 2.22. The molecule has 0 saturated heterocycles. The maximum Gasteiger partial charge on any atom is 0.166 e. The molecular formula is C12H16BrFOS. The van der Waals surface area contributed by atoms with Crippen LogP contribution in [0.5, 0.6) is 5.75 Å². The van der Waals surface area contributed by atoms with Gasteiger partial charge in [0.05, 0.1) is 6.61 Å². The number of hydrogen-bond acceptors (Lipinski definition) is 2. The summed E-state index contributed by atoms with van der Waals surface area (Å²) in [6, 6.07) is 4.82. The molecule has 0 saturated carbocycles. The molecule has 1 aromatic carbocycles. The molecule has 0 aliphatic heterocycles. The van der Waals surface area contributed by atoms with Gasteiger partial charge in [-0.05, 0) is 30.4 Å². The first-order valence-corrected chi connectivity index (χ1v) is 6.78. The summed E-state index contributed by atoms with van der Waals surface area (Å²) in [5.74, 6) is 1.14. The van der Waals surface area contributed by atoms with Crippen molar-refractivity contribution in [2.75, 3.05) is 12.4 Å². The third kappa shape index (κ3) is 4.34. The lowest BCUT2D eigenvalue weighted by molar-refractivity contribution is 0.244. The molecule has 0 spiro atoms. The first-order chi connectivity index (χ1) is 7.67. The molecule has 1 unspecified atom stereocenters. The minimum Gasteiger partial charge on any atom is -0.490 e. The van der Waals surface area contributed by atoms with Crippen LogP contribution in [0, 0.1) is 11.7 Å². The van der Waals surface area contributed by atoms with Gasteiger partial charge in [-0.25, -0.2) is 4.39 Å². The Balaban J connectivity index is 2.53. The highest BCUT2D eigenvalue weighted by molar-refractivity contribution is 9.10. The number of hydrogen-bond donors (Lipinski definition) is 1. The van der Waals surface area contributed by atoms with Gasteiger partial charge in [-0.2, -0.15) is 12.6 Å². The molecule has 0 bridgehead atoms. The van der Waals surface area contributed by atoms with E-state index < -0.39 is 0 Å². The number of benzene rings is 1. The van der Waals surface area contributed by atoms with E-state index in [1.54, 1.807) is 12.1 Å². The summed E-state index contributed by atoms with van der Waals surface area (Å²) in [5.41, 5.74) is 0. The van der Waals surface area contributed by atoms with Crippen molar-refractivity contribution in [3.63, 3.8) is 0 Å². The fourth-order valence-electron chi connectivity index (χ4n) is 1.44. The van der Waals surface area contributed by atoms with Crippen LogP contribution in [0.2, 0.25) is 0 Å². The summed E-state index contributed by atoms with van der Waals surface area (Å²) in [6.45, 7) is 2.65. The van der Waals surface area contributed by atoms with Crippen LogP contribution in [-0.4, -0.2) is 12.4 Å². The zero-order chi connectivity index (χ0) is 12.0. The van der Waals surface area contributed by atoms with Gasteiger partial charge in [0.15, 0.2) is 11.6 Å². The van der Waals surface area contributed by atoms with Crippen LogP contribution in [-0.2, 0) is 0 Å². The fraction of sp³-hybridized carbons (Fsp3) is 0.500. The van der Waals surface area contributed by atoms with Gasteiger partial charge >= 0.3 is 0 Å². The van der Waals surface area contributed by atoms with E-state index in [0.717, 1.165) is 23.1 Å². The van der Waals surface area contributed by atoms with Gasteiger partial charge < -0.3 is 4.74 Å². The third-order valence-corrected chi connectivity index (χ3v) is 3.33. The molecule has 90 valence electrons. The van der Waals surface area contributed by atoms with Crippen molar-refractivity contribution < 1.29 is 9.13 Å². The van der Waals surface area contributed by atoms with Crippen molar-refractivity contribution in [3.8, 4) is 5.75 Å². The minimum atomic E-state index is -0.330. The lowest BCUT2D eigenvalue weighted by Crippen LogP contribution is -2.14. The Bertz CT molecular complexity index is 333. The average molecular weight is 307 g/mol. The smallest absolute Gasteiger partial charge is 0.166 e. The molecule has 0 aromatic heterocycles. The Morgan fingerprint density at radius 1 is 1.50 bits per heavy atom. The van der Waals surface area contributed by atoms with Crippen molar-refractivity contribution >= 4 is 28.6 Å². The van der Waals surface area contributed by atoms with Gasteiger partial charge in [-0.1, -0.05) is 29.3 Å². The summed E-state index contributed by atoms with van der Waals surface area (Å²) in [4.78, 5) is 0. The summed E-state index contributed by atoms with van der Waals surface area (Å²) in [6.07, 6.45) is 2.15. The summed E-state index contributed by atoms with van der Waals surface area (Å²) in [5, 5.41) is 0. The zero-order valence-corrected chi connectivity index (χ0v) is 11.7. The molecule has 1 aromatic rings. The van der Waals surface area contributed by atoms with Crippen LogP contribution < -0.4 is 4.74 Å². The van der Waals surface area contributed by atoms with E-state index in [1.807, 2.05) is 0 Å². The predicted molar refractivity (Wildman–Crippen MR) is 71.8 cm³/mol. The normalized spacial score (nSPS) is 12.5. The number of ether oxygens (including phenoxy) is 1. The van der Waals surface area contributed by atoms with E-state index in [-0.39, 0.29) is 5.82 Å². The molecule has 1 rings (SSSR count). The Hall–Kier alpha value is -0.220. The molecular weight excluding hydrogens is 291 g/mol. The molecule has 0 amide bonds. The van der Waals surface area contributed by atoms with Crippen molar-refractivity contribution in [2.45, 2.75) is 19.8 Å². The van der Waals surface area contributed by atoms with E-state index in [1.165, 1.54) is 6.07 Å². The lowest BCUT2D eigenvalue weighted by Gasteiger charge is -2.14. The lowest BCUT2D eigenvalue weighted by atomic mass is 10.1. The van der Waals surface area contributed by atoms with E-state index >= 15 is 0 Å². The van der Waals surface area contributed by atoms with Gasteiger partial charge in [0.2, 0.25) is 0 Å². The van der Waals surface area contributed by atoms with Gasteiger partial charge in [0.25, 0.3) is 0 Å². The van der Waals surface area contributed by atoms with E-state index in [9.17, 15) is 4.39 Å².